The summed E-state index contributed by atoms with van der Waals surface area (Å²) in [6, 6.07) is -0.109. The Balaban J connectivity index is 1.97. The minimum absolute atomic E-state index is 0.0464. The van der Waals surface area contributed by atoms with Crippen LogP contribution in [0.25, 0.3) is 0 Å². The predicted octanol–water partition coefficient (Wildman–Crippen LogP) is 0.933. The van der Waals surface area contributed by atoms with Gasteiger partial charge >= 0.3 is 0 Å². The maximum absolute atomic E-state index is 12.1. The van der Waals surface area contributed by atoms with Gasteiger partial charge in [0.15, 0.2) is 5.78 Å². The van der Waals surface area contributed by atoms with Gasteiger partial charge < -0.3 is 15.8 Å². The fourth-order valence-corrected chi connectivity index (χ4v) is 2.87. The van der Waals surface area contributed by atoms with Crippen molar-refractivity contribution in [3.05, 3.63) is 22.4 Å². The third-order valence-electron chi connectivity index (χ3n) is 3.97. The molecule has 5 nitrogen and oxygen atoms in total. The highest BCUT2D eigenvalue weighted by Gasteiger charge is 2.31. The Bertz CT molecular complexity index is 540. The lowest BCUT2D eigenvalue weighted by atomic mass is 9.88. The van der Waals surface area contributed by atoms with Crippen LogP contribution in [0.5, 0.6) is 0 Å². The van der Waals surface area contributed by atoms with Crippen molar-refractivity contribution >= 4 is 11.6 Å². The van der Waals surface area contributed by atoms with Gasteiger partial charge in [0.2, 0.25) is 0 Å². The number of rotatable bonds is 2. The van der Waals surface area contributed by atoms with Gasteiger partial charge in [-0.2, -0.15) is 0 Å². The predicted molar refractivity (Wildman–Crippen MR) is 71.3 cm³/mol. The van der Waals surface area contributed by atoms with Gasteiger partial charge in [-0.05, 0) is 17.5 Å². The second-order valence-corrected chi connectivity index (χ2v) is 5.57. The summed E-state index contributed by atoms with van der Waals surface area (Å²) in [5.74, 6) is 0.877. The van der Waals surface area contributed by atoms with E-state index in [0.29, 0.717) is 32.0 Å². The van der Waals surface area contributed by atoms with Crippen LogP contribution in [0.3, 0.4) is 0 Å². The number of ketones is 1. The van der Waals surface area contributed by atoms with E-state index in [1.54, 1.807) is 0 Å². The van der Waals surface area contributed by atoms with Crippen LogP contribution in [0.1, 0.15) is 36.2 Å². The Morgan fingerprint density at radius 3 is 2.84 bits per heavy atom. The summed E-state index contributed by atoms with van der Waals surface area (Å²) >= 11 is 0. The topological polar surface area (TPSA) is 77.2 Å². The largest absolute Gasteiger partial charge is 0.383 e. The number of nitrogen functional groups attached to an aromatic ring is 1. The molecule has 1 aromatic rings. The molecule has 2 aliphatic rings. The molecule has 3 rings (SSSR count). The molecule has 0 bridgehead atoms. The van der Waals surface area contributed by atoms with Crippen LogP contribution in [-0.2, 0) is 35.7 Å². The third-order valence-corrected chi connectivity index (χ3v) is 3.97. The van der Waals surface area contributed by atoms with Crippen LogP contribution in [0.15, 0.2) is 0 Å². The number of ether oxygens (including phenoxy) is 1. The minimum atomic E-state index is -0.109. The fraction of sp³-hybridized carbons (Fsp3) is 0.571. The number of nitrogens with two attached hydrogens (primary N) is 1. The van der Waals surface area contributed by atoms with Crippen molar-refractivity contribution in [2.45, 2.75) is 46.1 Å². The van der Waals surface area contributed by atoms with E-state index in [9.17, 15) is 4.79 Å². The first-order chi connectivity index (χ1) is 9.08. The highest BCUT2D eigenvalue weighted by Crippen LogP contribution is 2.32. The Morgan fingerprint density at radius 1 is 1.37 bits per heavy atom. The third kappa shape index (κ3) is 2.03. The maximum atomic E-state index is 12.1. The number of nitrogens with zero attached hydrogens (tertiary/aromatic N) is 1. The monoisotopic (exact) mass is 261 g/mol. The van der Waals surface area contributed by atoms with Crippen LogP contribution < -0.4 is 11.1 Å². The molecule has 1 aromatic heterocycles. The second kappa shape index (κ2) is 4.58. The molecule has 5 heteroatoms. The lowest BCUT2D eigenvalue weighted by molar-refractivity contribution is -0.124. The summed E-state index contributed by atoms with van der Waals surface area (Å²) in [5.41, 5.74) is 10.3. The summed E-state index contributed by atoms with van der Waals surface area (Å²) in [7, 11) is 0. The molecule has 0 amide bonds. The van der Waals surface area contributed by atoms with E-state index in [0.717, 1.165) is 16.8 Å². The Morgan fingerprint density at radius 2 is 2.11 bits per heavy atom. The molecule has 0 saturated heterocycles. The molecule has 3 heterocycles. The van der Waals surface area contributed by atoms with Crippen LogP contribution >= 0.6 is 0 Å². The molecular weight excluding hydrogens is 242 g/mol. The van der Waals surface area contributed by atoms with Crippen LogP contribution in [0.2, 0.25) is 0 Å². The Hall–Kier alpha value is -1.46. The number of Topliss-reactive ketones (excluding diaryl/α,β-unsaturated/α-hetero) is 1. The first-order valence-electron chi connectivity index (χ1n) is 6.71. The van der Waals surface area contributed by atoms with Crippen molar-refractivity contribution < 1.29 is 9.53 Å². The van der Waals surface area contributed by atoms with Gasteiger partial charge in [0.1, 0.15) is 5.82 Å². The minimum Gasteiger partial charge on any atom is -0.383 e. The highest BCUT2D eigenvalue weighted by molar-refractivity contribution is 5.86. The molecule has 0 aliphatic carbocycles. The van der Waals surface area contributed by atoms with Crippen molar-refractivity contribution in [3.63, 3.8) is 0 Å². The molecule has 0 fully saturated rings. The molecule has 1 unspecified atom stereocenters. The number of carbonyl (C=O) groups is 1. The standard InChI is InChI=1S/C14H19N3O2/c1-7(2)13(18)11-3-8-9-5-19-6-10(9)14(15)17-12(8)4-16-11/h7,11,16H,3-6H2,1-2H3,(H2,15,17). The summed E-state index contributed by atoms with van der Waals surface area (Å²) in [6.07, 6.45) is 0.700. The summed E-state index contributed by atoms with van der Waals surface area (Å²) in [5, 5.41) is 3.27. The Labute approximate surface area is 112 Å². The number of carbonyl (C=O) groups excluding carboxylic acids is 1. The lowest BCUT2D eigenvalue weighted by Gasteiger charge is -2.27. The number of nitrogens with one attached hydrogen (secondary N) is 1. The van der Waals surface area contributed by atoms with Crippen molar-refractivity contribution in [2.75, 3.05) is 5.73 Å². The van der Waals surface area contributed by atoms with E-state index in [1.807, 2.05) is 13.8 Å². The lowest BCUT2D eigenvalue weighted by Crippen LogP contribution is -2.44. The molecule has 102 valence electrons. The average molecular weight is 261 g/mol. The van der Waals surface area contributed by atoms with E-state index >= 15 is 0 Å². The van der Waals surface area contributed by atoms with Gasteiger partial charge in [0, 0.05) is 18.0 Å². The molecule has 0 spiro atoms. The first-order valence-corrected chi connectivity index (χ1v) is 6.71. The summed E-state index contributed by atoms with van der Waals surface area (Å²) < 4.78 is 5.48. The molecule has 2 aliphatic heterocycles. The van der Waals surface area contributed by atoms with Crippen molar-refractivity contribution in [3.8, 4) is 0 Å². The van der Waals surface area contributed by atoms with Gasteiger partial charge in [-0.3, -0.25) is 4.79 Å². The number of hydrogen-bond donors (Lipinski definition) is 2. The number of anilines is 1. The zero-order valence-corrected chi connectivity index (χ0v) is 11.3. The molecule has 0 aromatic carbocycles. The Kier molecular flexibility index (Phi) is 3.03. The quantitative estimate of drug-likeness (QED) is 0.828. The SMILES string of the molecule is CC(C)C(=O)C1Cc2c(nc(N)c3c2COC3)CN1. The number of fused-ring (bicyclic) bond motifs is 3. The van der Waals surface area contributed by atoms with Crippen molar-refractivity contribution in [1.82, 2.24) is 10.3 Å². The van der Waals surface area contributed by atoms with Crippen LogP contribution in [-0.4, -0.2) is 16.8 Å². The molecule has 0 saturated carbocycles. The van der Waals surface area contributed by atoms with Gasteiger partial charge in [0.25, 0.3) is 0 Å². The number of aromatic nitrogens is 1. The van der Waals surface area contributed by atoms with E-state index in [-0.39, 0.29) is 17.7 Å². The maximum Gasteiger partial charge on any atom is 0.152 e. The van der Waals surface area contributed by atoms with Crippen molar-refractivity contribution in [1.29, 1.82) is 0 Å². The number of pyridine rings is 1. The van der Waals surface area contributed by atoms with Crippen molar-refractivity contribution in [2.24, 2.45) is 5.92 Å². The van der Waals surface area contributed by atoms with E-state index in [4.69, 9.17) is 10.5 Å². The molecule has 1 atom stereocenters. The zero-order valence-electron chi connectivity index (χ0n) is 11.3. The fourth-order valence-electron chi connectivity index (χ4n) is 2.87. The van der Waals surface area contributed by atoms with Crippen LogP contribution in [0, 0.1) is 5.92 Å². The molecule has 0 radical (unpaired) electrons. The second-order valence-electron chi connectivity index (χ2n) is 5.57. The first kappa shape index (κ1) is 12.6. The van der Waals surface area contributed by atoms with Gasteiger partial charge in [-0.15, -0.1) is 0 Å². The smallest absolute Gasteiger partial charge is 0.152 e. The summed E-state index contributed by atoms with van der Waals surface area (Å²) in [4.78, 5) is 16.6. The van der Waals surface area contributed by atoms with Gasteiger partial charge in [-0.25, -0.2) is 4.98 Å². The molecular formula is C14H19N3O2. The van der Waals surface area contributed by atoms with E-state index in [1.165, 1.54) is 5.56 Å². The van der Waals surface area contributed by atoms with E-state index in [2.05, 4.69) is 10.3 Å². The van der Waals surface area contributed by atoms with Gasteiger partial charge in [0.05, 0.1) is 24.9 Å². The molecule has 19 heavy (non-hydrogen) atoms. The highest BCUT2D eigenvalue weighted by atomic mass is 16.5. The van der Waals surface area contributed by atoms with E-state index < -0.39 is 0 Å². The zero-order chi connectivity index (χ0) is 13.6. The average Bonchev–Trinajstić information content (AvgIpc) is 2.87. The molecule has 3 N–H and O–H groups in total. The van der Waals surface area contributed by atoms with Crippen LogP contribution in [0.4, 0.5) is 5.82 Å². The summed E-state index contributed by atoms with van der Waals surface area (Å²) in [6.45, 7) is 5.61. The normalized spacial score (nSPS) is 21.3. The van der Waals surface area contributed by atoms with Gasteiger partial charge in [-0.1, -0.05) is 13.8 Å². The number of hydrogen-bond acceptors (Lipinski definition) is 5.